The third-order valence-corrected chi connectivity index (χ3v) is 4.97. The van der Waals surface area contributed by atoms with E-state index in [0.29, 0.717) is 12.1 Å². The summed E-state index contributed by atoms with van der Waals surface area (Å²) in [4.78, 5) is 11.5. The van der Waals surface area contributed by atoms with Crippen molar-refractivity contribution in [3.63, 3.8) is 0 Å². The molecule has 0 amide bonds. The zero-order chi connectivity index (χ0) is 14.3. The van der Waals surface area contributed by atoms with Crippen molar-refractivity contribution in [1.29, 1.82) is 0 Å². The maximum absolute atomic E-state index is 12.3. The highest BCUT2D eigenvalue weighted by molar-refractivity contribution is 7.89. The lowest BCUT2D eigenvalue weighted by Gasteiger charge is -2.11. The summed E-state index contributed by atoms with van der Waals surface area (Å²) in [6.45, 7) is 1.43. The maximum Gasteiger partial charge on any atom is 0.419 e. The van der Waals surface area contributed by atoms with Crippen LogP contribution in [0.3, 0.4) is 0 Å². The Labute approximate surface area is 127 Å². The topological polar surface area (TPSA) is 93.3 Å². The highest BCUT2D eigenvalue weighted by Gasteiger charge is 2.23. The van der Waals surface area contributed by atoms with E-state index in [2.05, 4.69) is 10.0 Å². The van der Waals surface area contributed by atoms with Crippen molar-refractivity contribution >= 4 is 33.5 Å². The predicted octanol–water partition coefficient (Wildman–Crippen LogP) is 0.193. The summed E-state index contributed by atoms with van der Waals surface area (Å²) < 4.78 is 33.5. The van der Waals surface area contributed by atoms with E-state index >= 15 is 0 Å². The van der Waals surface area contributed by atoms with Crippen LogP contribution in [0.5, 0.6) is 0 Å². The van der Waals surface area contributed by atoms with Crippen molar-refractivity contribution in [2.45, 2.75) is 17.4 Å². The fourth-order valence-electron chi connectivity index (χ4n) is 2.32. The second kappa shape index (κ2) is 5.80. The number of benzene rings is 1. The van der Waals surface area contributed by atoms with Crippen LogP contribution in [-0.4, -0.2) is 32.1 Å². The number of nitrogens with zero attached hydrogens (tertiary/aromatic N) is 1. The first-order chi connectivity index (χ1) is 9.47. The van der Waals surface area contributed by atoms with Gasteiger partial charge in [0.05, 0.1) is 10.4 Å². The molecule has 1 aliphatic heterocycles. The highest BCUT2D eigenvalue weighted by Crippen LogP contribution is 2.18. The van der Waals surface area contributed by atoms with Gasteiger partial charge >= 0.3 is 5.76 Å². The number of nitrogens with one attached hydrogen (secondary N) is 2. The molecule has 9 heteroatoms. The molecule has 0 radical (unpaired) electrons. The molecule has 2 heterocycles. The van der Waals surface area contributed by atoms with E-state index in [1.807, 2.05) is 0 Å². The van der Waals surface area contributed by atoms with Gasteiger partial charge in [-0.3, -0.25) is 4.57 Å². The molecule has 2 N–H and O–H groups in total. The second-order valence-electron chi connectivity index (χ2n) is 4.87. The smallest absolute Gasteiger partial charge is 0.408 e. The molecule has 1 saturated heterocycles. The monoisotopic (exact) mass is 333 g/mol. The van der Waals surface area contributed by atoms with Crippen LogP contribution >= 0.6 is 12.4 Å². The lowest BCUT2D eigenvalue weighted by atomic mass is 10.3. The predicted molar refractivity (Wildman–Crippen MR) is 80.3 cm³/mol. The zero-order valence-corrected chi connectivity index (χ0v) is 13.0. The molecule has 0 spiro atoms. The Hall–Kier alpha value is -1.35. The van der Waals surface area contributed by atoms with Crippen LogP contribution < -0.4 is 15.8 Å². The van der Waals surface area contributed by atoms with Gasteiger partial charge in [0, 0.05) is 25.7 Å². The summed E-state index contributed by atoms with van der Waals surface area (Å²) in [5.41, 5.74) is 0.835. The number of fused-ring (bicyclic) bond motifs is 1. The van der Waals surface area contributed by atoms with E-state index in [1.165, 1.54) is 16.7 Å². The Morgan fingerprint density at radius 2 is 2.19 bits per heavy atom. The van der Waals surface area contributed by atoms with Gasteiger partial charge in [0.2, 0.25) is 10.0 Å². The Kier molecular flexibility index (Phi) is 4.43. The van der Waals surface area contributed by atoms with E-state index in [0.717, 1.165) is 13.0 Å². The first kappa shape index (κ1) is 16.0. The van der Waals surface area contributed by atoms with E-state index in [-0.39, 0.29) is 28.9 Å². The molecule has 3 rings (SSSR count). The highest BCUT2D eigenvalue weighted by atomic mass is 35.5. The van der Waals surface area contributed by atoms with Gasteiger partial charge < -0.3 is 9.73 Å². The van der Waals surface area contributed by atoms with Crippen molar-refractivity contribution in [3.05, 3.63) is 28.7 Å². The molecule has 0 saturated carbocycles. The molecule has 1 aliphatic rings. The number of rotatable bonds is 3. The van der Waals surface area contributed by atoms with E-state index in [4.69, 9.17) is 4.42 Å². The van der Waals surface area contributed by atoms with Crippen LogP contribution in [0.1, 0.15) is 6.42 Å². The molecule has 21 heavy (non-hydrogen) atoms. The lowest BCUT2D eigenvalue weighted by Crippen LogP contribution is -2.36. The second-order valence-corrected chi connectivity index (χ2v) is 6.58. The Bertz CT molecular complexity index is 806. The number of aromatic nitrogens is 1. The zero-order valence-electron chi connectivity index (χ0n) is 11.3. The minimum atomic E-state index is -3.60. The first-order valence-electron chi connectivity index (χ1n) is 6.30. The molecule has 0 bridgehead atoms. The quantitative estimate of drug-likeness (QED) is 0.836. The number of hydrogen-bond donors (Lipinski definition) is 2. The van der Waals surface area contributed by atoms with Crippen LogP contribution in [0.25, 0.3) is 11.1 Å². The Morgan fingerprint density at radius 3 is 2.86 bits per heavy atom. The first-order valence-corrected chi connectivity index (χ1v) is 7.78. The van der Waals surface area contributed by atoms with Crippen LogP contribution in [-0.2, 0) is 17.1 Å². The van der Waals surface area contributed by atoms with Gasteiger partial charge in [0.15, 0.2) is 5.58 Å². The van der Waals surface area contributed by atoms with Gasteiger partial charge in [-0.25, -0.2) is 17.9 Å². The lowest BCUT2D eigenvalue weighted by molar-refractivity contribution is 0.527. The van der Waals surface area contributed by atoms with Gasteiger partial charge in [0.25, 0.3) is 0 Å². The van der Waals surface area contributed by atoms with Crippen molar-refractivity contribution in [3.8, 4) is 0 Å². The molecule has 1 unspecified atom stereocenters. The summed E-state index contributed by atoms with van der Waals surface area (Å²) in [7, 11) is -2.03. The molecule has 1 atom stereocenters. The molecule has 7 nitrogen and oxygen atoms in total. The SMILES string of the molecule is Cl.Cn1c(=O)oc2cc(S(=O)(=O)NC3CCNC3)ccc21. The molecular formula is C12H16ClN3O4S. The van der Waals surface area contributed by atoms with E-state index in [1.54, 1.807) is 13.1 Å². The summed E-state index contributed by atoms with van der Waals surface area (Å²) in [6, 6.07) is 4.32. The normalized spacial score (nSPS) is 18.8. The standard InChI is InChI=1S/C12H15N3O4S.ClH/c1-15-10-3-2-9(6-11(10)19-12(15)16)20(17,18)14-8-4-5-13-7-8;/h2-3,6,8,13-14H,4-5,7H2,1H3;1H. The van der Waals surface area contributed by atoms with E-state index in [9.17, 15) is 13.2 Å². The minimum Gasteiger partial charge on any atom is -0.408 e. The van der Waals surface area contributed by atoms with Crippen molar-refractivity contribution < 1.29 is 12.8 Å². The number of sulfonamides is 1. The van der Waals surface area contributed by atoms with Crippen LogP contribution in [0, 0.1) is 0 Å². The van der Waals surface area contributed by atoms with Crippen molar-refractivity contribution in [1.82, 2.24) is 14.6 Å². The summed E-state index contributed by atoms with van der Waals surface area (Å²) in [6.07, 6.45) is 0.766. The summed E-state index contributed by atoms with van der Waals surface area (Å²) in [5.74, 6) is -0.512. The number of halogens is 1. The average molecular weight is 334 g/mol. The largest absolute Gasteiger partial charge is 0.419 e. The van der Waals surface area contributed by atoms with Gasteiger partial charge in [-0.1, -0.05) is 0 Å². The van der Waals surface area contributed by atoms with Gasteiger partial charge in [-0.2, -0.15) is 0 Å². The molecule has 0 aliphatic carbocycles. The fraction of sp³-hybridized carbons (Fsp3) is 0.417. The summed E-state index contributed by atoms with van der Waals surface area (Å²) in [5, 5.41) is 3.10. The number of oxazole rings is 1. The van der Waals surface area contributed by atoms with E-state index < -0.39 is 15.8 Å². The van der Waals surface area contributed by atoms with Gasteiger partial charge in [-0.15, -0.1) is 12.4 Å². The molecule has 1 aromatic heterocycles. The number of aryl methyl sites for hydroxylation is 1. The Balaban J connectivity index is 0.00000161. The fourth-order valence-corrected chi connectivity index (χ4v) is 3.61. The third kappa shape index (κ3) is 2.98. The van der Waals surface area contributed by atoms with Gasteiger partial charge in [-0.05, 0) is 25.1 Å². The molecule has 116 valence electrons. The Morgan fingerprint density at radius 1 is 1.43 bits per heavy atom. The van der Waals surface area contributed by atoms with Crippen LogP contribution in [0.2, 0.25) is 0 Å². The van der Waals surface area contributed by atoms with Crippen LogP contribution in [0.15, 0.2) is 32.3 Å². The molecule has 1 aromatic carbocycles. The summed E-state index contributed by atoms with van der Waals surface area (Å²) >= 11 is 0. The van der Waals surface area contributed by atoms with Gasteiger partial charge in [0.1, 0.15) is 0 Å². The average Bonchev–Trinajstić information content (AvgIpc) is 2.98. The maximum atomic E-state index is 12.3. The third-order valence-electron chi connectivity index (χ3n) is 3.46. The molecule has 2 aromatic rings. The van der Waals surface area contributed by atoms with Crippen LogP contribution in [0.4, 0.5) is 0 Å². The van der Waals surface area contributed by atoms with Crippen molar-refractivity contribution in [2.24, 2.45) is 7.05 Å². The molecular weight excluding hydrogens is 318 g/mol. The number of hydrogen-bond acceptors (Lipinski definition) is 5. The minimum absolute atomic E-state index is 0. The van der Waals surface area contributed by atoms with Crippen molar-refractivity contribution in [2.75, 3.05) is 13.1 Å². The molecule has 1 fully saturated rings.